The summed E-state index contributed by atoms with van der Waals surface area (Å²) in [4.78, 5) is 39.2. The predicted molar refractivity (Wildman–Crippen MR) is 114 cm³/mol. The van der Waals surface area contributed by atoms with E-state index in [2.05, 4.69) is 5.32 Å². The van der Waals surface area contributed by atoms with E-state index in [0.717, 1.165) is 5.70 Å². The topological polar surface area (TPSA) is 100 Å². The molecule has 0 spiro atoms. The van der Waals surface area contributed by atoms with E-state index in [9.17, 15) is 14.4 Å². The molecule has 0 unspecified atom stereocenters. The van der Waals surface area contributed by atoms with Gasteiger partial charge >= 0.3 is 11.9 Å². The van der Waals surface area contributed by atoms with Crippen molar-refractivity contribution in [1.82, 2.24) is 5.32 Å². The molecule has 170 valence electrons. The Kier molecular flexibility index (Phi) is 5.95. The van der Waals surface area contributed by atoms with Crippen molar-refractivity contribution < 1.29 is 33.3 Å². The molecule has 0 fully saturated rings. The molecule has 0 saturated carbocycles. The Bertz CT molecular complexity index is 1040. The van der Waals surface area contributed by atoms with Gasteiger partial charge in [-0.05, 0) is 43.4 Å². The zero-order valence-electron chi connectivity index (χ0n) is 18.7. The van der Waals surface area contributed by atoms with Crippen LogP contribution in [-0.4, -0.2) is 38.2 Å². The number of Topliss-reactive ketones (excluding diaryl/α,β-unsaturated/α-hetero) is 1. The Hall–Kier alpha value is -3.29. The number of esters is 2. The first kappa shape index (κ1) is 21.9. The number of benzene rings is 1. The van der Waals surface area contributed by atoms with Gasteiger partial charge in [0, 0.05) is 22.9 Å². The lowest BCUT2D eigenvalue weighted by Gasteiger charge is -2.38. The maximum atomic E-state index is 13.6. The van der Waals surface area contributed by atoms with Crippen LogP contribution in [0.25, 0.3) is 0 Å². The van der Waals surface area contributed by atoms with Crippen LogP contribution >= 0.6 is 0 Å². The summed E-state index contributed by atoms with van der Waals surface area (Å²) in [6, 6.07) is 5.35. The second kappa shape index (κ2) is 8.68. The number of carbonyl (C=O) groups is 3. The fourth-order valence-electron chi connectivity index (χ4n) is 4.65. The van der Waals surface area contributed by atoms with Crippen LogP contribution in [0.4, 0.5) is 0 Å². The number of hydrogen-bond acceptors (Lipinski definition) is 8. The average Bonchev–Trinajstić information content (AvgIpc) is 3.24. The molecule has 3 atom stereocenters. The van der Waals surface area contributed by atoms with E-state index >= 15 is 0 Å². The van der Waals surface area contributed by atoms with Gasteiger partial charge < -0.3 is 24.3 Å². The van der Waals surface area contributed by atoms with Crippen molar-refractivity contribution >= 4 is 17.7 Å². The van der Waals surface area contributed by atoms with Gasteiger partial charge in [-0.2, -0.15) is 0 Å². The average molecular weight is 441 g/mol. The first-order valence-electron chi connectivity index (χ1n) is 10.8. The summed E-state index contributed by atoms with van der Waals surface area (Å²) in [7, 11) is 1.28. The summed E-state index contributed by atoms with van der Waals surface area (Å²) in [6.07, 6.45) is 1.16. The van der Waals surface area contributed by atoms with Gasteiger partial charge in [-0.25, -0.2) is 4.79 Å². The quantitative estimate of drug-likeness (QED) is 0.550. The number of ether oxygens (including phenoxy) is 4. The summed E-state index contributed by atoms with van der Waals surface area (Å²) in [5.41, 5.74) is 2.78. The molecular weight excluding hydrogens is 414 g/mol. The molecule has 8 nitrogen and oxygen atoms in total. The molecule has 3 aliphatic rings. The number of ketones is 1. The lowest BCUT2D eigenvalue weighted by molar-refractivity contribution is -0.151. The molecule has 2 heterocycles. The van der Waals surface area contributed by atoms with Gasteiger partial charge in [0.05, 0.1) is 19.3 Å². The van der Waals surface area contributed by atoms with E-state index in [1.54, 1.807) is 19.1 Å². The lowest BCUT2D eigenvalue weighted by Crippen LogP contribution is -2.43. The Balaban J connectivity index is 1.85. The third kappa shape index (κ3) is 3.63. The number of rotatable bonds is 5. The third-order valence-corrected chi connectivity index (χ3v) is 6.13. The normalized spacial score (nSPS) is 24.1. The van der Waals surface area contributed by atoms with Crippen LogP contribution in [0.3, 0.4) is 0 Å². The number of allylic oxidation sites excluding steroid dienone is 3. The largest absolute Gasteiger partial charge is 0.468 e. The van der Waals surface area contributed by atoms with Gasteiger partial charge in [0.25, 0.3) is 0 Å². The molecule has 1 aromatic rings. The molecule has 4 rings (SSSR count). The molecule has 32 heavy (non-hydrogen) atoms. The van der Waals surface area contributed by atoms with Crippen molar-refractivity contribution in [2.75, 3.05) is 20.5 Å². The SMILES string of the molecule is CCCOC(=O)C1=C(C)NC2=C(C(=O)[C@H](C(=O)OC)[C@@H](C)C2)[C@H]1c1ccc2c(c1)OCO2. The number of carbonyl (C=O) groups excluding carboxylic acids is 3. The summed E-state index contributed by atoms with van der Waals surface area (Å²) < 4.78 is 21.3. The van der Waals surface area contributed by atoms with Crippen LogP contribution in [-0.2, 0) is 23.9 Å². The van der Waals surface area contributed by atoms with Crippen molar-refractivity contribution in [3.05, 3.63) is 46.3 Å². The van der Waals surface area contributed by atoms with Crippen molar-refractivity contribution in [3.8, 4) is 11.5 Å². The smallest absolute Gasteiger partial charge is 0.336 e. The molecular formula is C24H27NO7. The molecule has 0 radical (unpaired) electrons. The van der Waals surface area contributed by atoms with Gasteiger partial charge in [0.1, 0.15) is 5.92 Å². The maximum Gasteiger partial charge on any atom is 0.336 e. The van der Waals surface area contributed by atoms with Crippen LogP contribution in [0.15, 0.2) is 40.7 Å². The van der Waals surface area contributed by atoms with E-state index < -0.39 is 23.8 Å². The molecule has 0 bridgehead atoms. The maximum absolute atomic E-state index is 13.6. The van der Waals surface area contributed by atoms with Crippen LogP contribution in [0.2, 0.25) is 0 Å². The highest BCUT2D eigenvalue weighted by molar-refractivity contribution is 6.12. The van der Waals surface area contributed by atoms with Crippen LogP contribution in [0.5, 0.6) is 11.5 Å². The fraction of sp³-hybridized carbons (Fsp3) is 0.458. The Morgan fingerprint density at radius 3 is 2.69 bits per heavy atom. The van der Waals surface area contributed by atoms with E-state index in [1.165, 1.54) is 7.11 Å². The van der Waals surface area contributed by atoms with Crippen molar-refractivity contribution in [2.45, 2.75) is 39.5 Å². The Labute approximate surface area is 186 Å². The molecule has 0 aromatic heterocycles. The third-order valence-electron chi connectivity index (χ3n) is 6.13. The van der Waals surface area contributed by atoms with Crippen molar-refractivity contribution in [1.29, 1.82) is 0 Å². The van der Waals surface area contributed by atoms with Gasteiger partial charge in [-0.3, -0.25) is 9.59 Å². The minimum absolute atomic E-state index is 0.111. The number of hydrogen-bond donors (Lipinski definition) is 1. The van der Waals surface area contributed by atoms with Crippen molar-refractivity contribution in [3.63, 3.8) is 0 Å². The summed E-state index contributed by atoms with van der Waals surface area (Å²) in [6.45, 7) is 5.94. The summed E-state index contributed by atoms with van der Waals surface area (Å²) >= 11 is 0. The number of fused-ring (bicyclic) bond motifs is 1. The van der Waals surface area contributed by atoms with Gasteiger partial charge in [0.15, 0.2) is 17.3 Å². The Morgan fingerprint density at radius 2 is 1.97 bits per heavy atom. The predicted octanol–water partition coefficient (Wildman–Crippen LogP) is 2.98. The highest BCUT2D eigenvalue weighted by atomic mass is 16.7. The molecule has 2 aliphatic heterocycles. The van der Waals surface area contributed by atoms with Crippen LogP contribution in [0, 0.1) is 11.8 Å². The highest BCUT2D eigenvalue weighted by Crippen LogP contribution is 2.47. The first-order chi connectivity index (χ1) is 15.4. The second-order valence-corrected chi connectivity index (χ2v) is 8.28. The zero-order valence-corrected chi connectivity index (χ0v) is 18.7. The van der Waals surface area contributed by atoms with E-state index in [4.69, 9.17) is 18.9 Å². The molecule has 8 heteroatoms. The monoisotopic (exact) mass is 441 g/mol. The highest BCUT2D eigenvalue weighted by Gasteiger charge is 2.47. The number of methoxy groups -OCH3 is 1. The van der Waals surface area contributed by atoms with E-state index in [0.29, 0.717) is 46.7 Å². The van der Waals surface area contributed by atoms with E-state index in [-0.39, 0.29) is 25.1 Å². The van der Waals surface area contributed by atoms with E-state index in [1.807, 2.05) is 19.9 Å². The zero-order chi connectivity index (χ0) is 23.0. The molecule has 0 amide bonds. The molecule has 0 saturated heterocycles. The number of dihydropyridines is 1. The van der Waals surface area contributed by atoms with Crippen LogP contribution in [0.1, 0.15) is 45.1 Å². The summed E-state index contributed by atoms with van der Waals surface area (Å²) in [5.74, 6) is -2.12. The van der Waals surface area contributed by atoms with Gasteiger partial charge in [-0.1, -0.05) is 19.9 Å². The van der Waals surface area contributed by atoms with Gasteiger partial charge in [-0.15, -0.1) is 0 Å². The summed E-state index contributed by atoms with van der Waals surface area (Å²) in [5, 5.41) is 3.25. The second-order valence-electron chi connectivity index (χ2n) is 8.28. The minimum Gasteiger partial charge on any atom is -0.468 e. The molecule has 1 aliphatic carbocycles. The standard InChI is InChI=1S/C24H27NO7/c1-5-8-30-24(28)19-13(3)25-15-9-12(2)18(23(27)29-4)22(26)21(15)20(19)14-6-7-16-17(10-14)32-11-31-16/h6-7,10,12,18,20,25H,5,8-9,11H2,1-4H3/t12-,18+,20-/m0/s1. The minimum atomic E-state index is -0.927. The number of nitrogens with one attached hydrogen (secondary N) is 1. The lowest BCUT2D eigenvalue weighted by atomic mass is 9.69. The Morgan fingerprint density at radius 1 is 1.22 bits per heavy atom. The molecule has 1 N–H and O–H groups in total. The molecule has 1 aromatic carbocycles. The van der Waals surface area contributed by atoms with Crippen molar-refractivity contribution in [2.24, 2.45) is 11.8 Å². The first-order valence-corrected chi connectivity index (χ1v) is 10.8. The fourth-order valence-corrected chi connectivity index (χ4v) is 4.65. The van der Waals surface area contributed by atoms with Crippen LogP contribution < -0.4 is 14.8 Å². The van der Waals surface area contributed by atoms with Gasteiger partial charge in [0.2, 0.25) is 6.79 Å².